The second-order valence-electron chi connectivity index (χ2n) is 2.94. The van der Waals surface area contributed by atoms with Gasteiger partial charge in [-0.15, -0.1) is 5.10 Å². The summed E-state index contributed by atoms with van der Waals surface area (Å²) in [5.74, 6) is -1.59. The lowest BCUT2D eigenvalue weighted by Gasteiger charge is -2.02. The highest BCUT2D eigenvalue weighted by molar-refractivity contribution is 5.93. The molecule has 1 rings (SSSR count). The number of nitrogens with one attached hydrogen (secondary N) is 1. The number of carbonyl (C=O) groups excluding carboxylic acids is 1. The predicted molar refractivity (Wildman–Crippen MR) is 49.9 cm³/mol. The highest BCUT2D eigenvalue weighted by atomic mass is 16.4. The van der Waals surface area contributed by atoms with Crippen molar-refractivity contribution in [3.8, 4) is 0 Å². The zero-order valence-corrected chi connectivity index (χ0v) is 8.09. The van der Waals surface area contributed by atoms with E-state index in [4.69, 9.17) is 5.11 Å². The molecule has 1 aromatic rings. The van der Waals surface area contributed by atoms with Crippen molar-refractivity contribution in [1.82, 2.24) is 20.3 Å². The van der Waals surface area contributed by atoms with Gasteiger partial charge in [0.1, 0.15) is 6.42 Å². The Labute approximate surface area is 86.1 Å². The van der Waals surface area contributed by atoms with Crippen LogP contribution in [0.25, 0.3) is 0 Å². The minimum absolute atomic E-state index is 0.436. The Balaban J connectivity index is 2.06. The number of carbonyl (C=O) groups is 2. The molecule has 7 heteroatoms. The second-order valence-corrected chi connectivity index (χ2v) is 2.94. The fourth-order valence-electron chi connectivity index (χ4n) is 1.02. The molecule has 0 radical (unpaired) electrons. The van der Waals surface area contributed by atoms with Crippen LogP contribution in [-0.2, 0) is 16.1 Å². The summed E-state index contributed by atoms with van der Waals surface area (Å²) in [4.78, 5) is 21.0. The molecule has 0 aliphatic rings. The van der Waals surface area contributed by atoms with Gasteiger partial charge >= 0.3 is 5.97 Å². The van der Waals surface area contributed by atoms with Crippen molar-refractivity contribution >= 4 is 11.9 Å². The van der Waals surface area contributed by atoms with Crippen LogP contribution >= 0.6 is 0 Å². The van der Waals surface area contributed by atoms with Crippen LogP contribution in [0.3, 0.4) is 0 Å². The van der Waals surface area contributed by atoms with Gasteiger partial charge in [0, 0.05) is 19.3 Å². The molecule has 0 aromatic carbocycles. The minimum Gasteiger partial charge on any atom is -0.481 e. The number of rotatable bonds is 6. The Morgan fingerprint density at radius 1 is 1.47 bits per heavy atom. The van der Waals surface area contributed by atoms with Crippen LogP contribution in [0.15, 0.2) is 12.4 Å². The predicted octanol–water partition coefficient (Wildman–Crippen LogP) is -0.741. The lowest BCUT2D eigenvalue weighted by molar-refractivity contribution is -0.140. The number of aliphatic carboxylic acids is 1. The summed E-state index contributed by atoms with van der Waals surface area (Å²) in [7, 11) is 0. The maximum absolute atomic E-state index is 10.9. The monoisotopic (exact) mass is 212 g/mol. The van der Waals surface area contributed by atoms with E-state index in [1.54, 1.807) is 17.1 Å². The van der Waals surface area contributed by atoms with Gasteiger partial charge in [0.05, 0.1) is 6.20 Å². The molecule has 82 valence electrons. The summed E-state index contributed by atoms with van der Waals surface area (Å²) in [5.41, 5.74) is 0. The van der Waals surface area contributed by atoms with E-state index in [0.717, 1.165) is 0 Å². The van der Waals surface area contributed by atoms with Crippen molar-refractivity contribution in [3.63, 3.8) is 0 Å². The molecule has 15 heavy (non-hydrogen) atoms. The van der Waals surface area contributed by atoms with Crippen LogP contribution in [0.4, 0.5) is 0 Å². The number of aryl methyl sites for hydroxylation is 1. The van der Waals surface area contributed by atoms with Gasteiger partial charge in [-0.25, -0.2) is 0 Å². The molecule has 7 nitrogen and oxygen atoms in total. The van der Waals surface area contributed by atoms with E-state index >= 15 is 0 Å². The number of hydrogen-bond donors (Lipinski definition) is 2. The Kier molecular flexibility index (Phi) is 4.27. The Morgan fingerprint density at radius 2 is 2.27 bits per heavy atom. The van der Waals surface area contributed by atoms with Crippen LogP contribution < -0.4 is 5.32 Å². The lowest BCUT2D eigenvalue weighted by Crippen LogP contribution is -2.27. The molecule has 0 spiro atoms. The van der Waals surface area contributed by atoms with Crippen molar-refractivity contribution in [2.45, 2.75) is 19.4 Å². The third kappa shape index (κ3) is 4.75. The fraction of sp³-hybridized carbons (Fsp3) is 0.500. The maximum Gasteiger partial charge on any atom is 0.312 e. The van der Waals surface area contributed by atoms with Gasteiger partial charge in [0.15, 0.2) is 0 Å². The van der Waals surface area contributed by atoms with Gasteiger partial charge in [-0.1, -0.05) is 5.21 Å². The molecule has 2 N–H and O–H groups in total. The average Bonchev–Trinajstić information content (AvgIpc) is 2.63. The zero-order chi connectivity index (χ0) is 11.1. The van der Waals surface area contributed by atoms with Crippen molar-refractivity contribution < 1.29 is 14.7 Å². The smallest absolute Gasteiger partial charge is 0.312 e. The lowest BCUT2D eigenvalue weighted by atomic mass is 10.3. The van der Waals surface area contributed by atoms with E-state index in [1.165, 1.54) is 0 Å². The van der Waals surface area contributed by atoms with Crippen molar-refractivity contribution in [1.29, 1.82) is 0 Å². The summed E-state index contributed by atoms with van der Waals surface area (Å²) < 4.78 is 1.64. The molecule has 0 bridgehead atoms. The van der Waals surface area contributed by atoms with Crippen LogP contribution in [-0.4, -0.2) is 38.5 Å². The second kappa shape index (κ2) is 5.74. The Hall–Kier alpha value is -1.92. The normalized spacial score (nSPS) is 9.87. The number of carboxylic acids is 1. The SMILES string of the molecule is O=C(O)CC(=O)NCCCn1ccnn1. The number of nitrogens with zero attached hydrogens (tertiary/aromatic N) is 3. The highest BCUT2D eigenvalue weighted by Crippen LogP contribution is 1.86. The summed E-state index contributed by atoms with van der Waals surface area (Å²) in [6.45, 7) is 1.08. The third-order valence-corrected chi connectivity index (χ3v) is 1.67. The Bertz CT molecular complexity index is 323. The molecule has 1 amide bonds. The molecule has 0 fully saturated rings. The molecule has 0 saturated carbocycles. The molecule has 0 aliphatic heterocycles. The number of aromatic nitrogens is 3. The first-order valence-electron chi connectivity index (χ1n) is 4.51. The van der Waals surface area contributed by atoms with Crippen LogP contribution in [0.1, 0.15) is 12.8 Å². The quantitative estimate of drug-likeness (QED) is 0.478. The van der Waals surface area contributed by atoms with Crippen molar-refractivity contribution in [3.05, 3.63) is 12.4 Å². The van der Waals surface area contributed by atoms with Crippen molar-refractivity contribution in [2.24, 2.45) is 0 Å². The van der Waals surface area contributed by atoms with E-state index in [9.17, 15) is 9.59 Å². The molecule has 1 aromatic heterocycles. The minimum atomic E-state index is -1.12. The number of amides is 1. The molecule has 0 aliphatic carbocycles. The summed E-state index contributed by atoms with van der Waals surface area (Å²) >= 11 is 0. The summed E-state index contributed by atoms with van der Waals surface area (Å²) in [6.07, 6.45) is 3.50. The van der Waals surface area contributed by atoms with Gasteiger partial charge in [-0.2, -0.15) is 0 Å². The van der Waals surface area contributed by atoms with Gasteiger partial charge in [-0.3, -0.25) is 14.3 Å². The summed E-state index contributed by atoms with van der Waals surface area (Å²) in [5, 5.41) is 18.2. The zero-order valence-electron chi connectivity index (χ0n) is 8.09. The number of hydrogen-bond acceptors (Lipinski definition) is 4. The first-order valence-corrected chi connectivity index (χ1v) is 4.51. The van der Waals surface area contributed by atoms with Gasteiger partial charge in [-0.05, 0) is 6.42 Å². The molecular weight excluding hydrogens is 200 g/mol. The molecule has 0 saturated heterocycles. The van der Waals surface area contributed by atoms with Gasteiger partial charge < -0.3 is 10.4 Å². The highest BCUT2D eigenvalue weighted by Gasteiger charge is 2.05. The molecular formula is C8H12N4O3. The van der Waals surface area contributed by atoms with Gasteiger partial charge in [0.2, 0.25) is 5.91 Å². The van der Waals surface area contributed by atoms with Crippen LogP contribution in [0.5, 0.6) is 0 Å². The van der Waals surface area contributed by atoms with E-state index in [0.29, 0.717) is 19.5 Å². The maximum atomic E-state index is 10.9. The topological polar surface area (TPSA) is 97.1 Å². The van der Waals surface area contributed by atoms with Crippen molar-refractivity contribution in [2.75, 3.05) is 6.54 Å². The van der Waals surface area contributed by atoms with E-state index in [-0.39, 0.29) is 0 Å². The van der Waals surface area contributed by atoms with Crippen LogP contribution in [0, 0.1) is 0 Å². The van der Waals surface area contributed by atoms with E-state index < -0.39 is 18.3 Å². The largest absolute Gasteiger partial charge is 0.481 e. The Morgan fingerprint density at radius 3 is 2.87 bits per heavy atom. The van der Waals surface area contributed by atoms with Gasteiger partial charge in [0.25, 0.3) is 0 Å². The molecule has 0 atom stereocenters. The summed E-state index contributed by atoms with van der Waals surface area (Å²) in [6, 6.07) is 0. The average molecular weight is 212 g/mol. The fourth-order valence-corrected chi connectivity index (χ4v) is 1.02. The number of carboxylic acid groups (broad SMARTS) is 1. The first-order chi connectivity index (χ1) is 7.18. The van der Waals surface area contributed by atoms with E-state index in [2.05, 4.69) is 15.6 Å². The third-order valence-electron chi connectivity index (χ3n) is 1.67. The first kappa shape index (κ1) is 11.2. The molecule has 0 unspecified atom stereocenters. The molecule has 1 heterocycles. The van der Waals surface area contributed by atoms with E-state index in [1.807, 2.05) is 0 Å². The van der Waals surface area contributed by atoms with Crippen LogP contribution in [0.2, 0.25) is 0 Å². The standard InChI is InChI=1S/C8H12N4O3/c13-7(6-8(14)15)9-2-1-4-12-5-3-10-11-12/h3,5H,1-2,4,6H2,(H,9,13)(H,14,15).